The maximum Gasteiger partial charge on any atom is 0.266 e. The number of hydrogen-bond acceptors (Lipinski definition) is 5. The van der Waals surface area contributed by atoms with Crippen molar-refractivity contribution >= 4 is 11.0 Å². The zero-order valence-electron chi connectivity index (χ0n) is 16.7. The molecule has 0 unspecified atom stereocenters. The van der Waals surface area contributed by atoms with Gasteiger partial charge in [-0.25, -0.2) is 9.67 Å². The normalized spacial score (nSPS) is 15.6. The van der Waals surface area contributed by atoms with Crippen LogP contribution in [-0.4, -0.2) is 42.7 Å². The van der Waals surface area contributed by atoms with Crippen LogP contribution in [0.5, 0.6) is 0 Å². The number of rotatable bonds is 5. The van der Waals surface area contributed by atoms with Crippen LogP contribution in [-0.2, 0) is 13.1 Å². The van der Waals surface area contributed by atoms with E-state index in [2.05, 4.69) is 31.0 Å². The van der Waals surface area contributed by atoms with Crippen LogP contribution in [0.3, 0.4) is 0 Å². The summed E-state index contributed by atoms with van der Waals surface area (Å²) in [6.07, 6.45) is 5.58. The van der Waals surface area contributed by atoms with Crippen LogP contribution >= 0.6 is 0 Å². The molecular formula is C23H24N6O. The van der Waals surface area contributed by atoms with Crippen molar-refractivity contribution in [1.82, 2.24) is 29.6 Å². The third-order valence-corrected chi connectivity index (χ3v) is 5.79. The van der Waals surface area contributed by atoms with Crippen molar-refractivity contribution in [1.29, 1.82) is 0 Å². The number of fused-ring (bicyclic) bond motifs is 1. The SMILES string of the molecule is O=c1ccc(-c2ccncc2)nn1CC1CCN(Cc2nc3ccccc3[nH]2)CC1. The number of nitrogens with one attached hydrogen (secondary N) is 1. The van der Waals surface area contributed by atoms with E-state index in [9.17, 15) is 4.79 Å². The Balaban J connectivity index is 1.21. The van der Waals surface area contributed by atoms with Crippen LogP contribution in [0.25, 0.3) is 22.3 Å². The van der Waals surface area contributed by atoms with Crippen LogP contribution in [0.1, 0.15) is 18.7 Å². The molecule has 0 amide bonds. The van der Waals surface area contributed by atoms with Crippen molar-refractivity contribution in [2.75, 3.05) is 13.1 Å². The lowest BCUT2D eigenvalue weighted by Crippen LogP contribution is -2.36. The largest absolute Gasteiger partial charge is 0.341 e. The summed E-state index contributed by atoms with van der Waals surface area (Å²) in [7, 11) is 0. The minimum Gasteiger partial charge on any atom is -0.341 e. The van der Waals surface area contributed by atoms with Gasteiger partial charge in [-0.2, -0.15) is 5.10 Å². The lowest BCUT2D eigenvalue weighted by Gasteiger charge is -2.31. The maximum atomic E-state index is 12.3. The molecule has 0 saturated carbocycles. The van der Waals surface area contributed by atoms with Crippen molar-refractivity contribution in [3.05, 3.63) is 77.1 Å². The second-order valence-electron chi connectivity index (χ2n) is 7.89. The van der Waals surface area contributed by atoms with Crippen LogP contribution in [0.2, 0.25) is 0 Å². The molecule has 0 bridgehead atoms. The molecule has 1 aliphatic rings. The molecule has 0 atom stereocenters. The molecule has 7 heteroatoms. The second-order valence-corrected chi connectivity index (χ2v) is 7.89. The number of aromatic nitrogens is 5. The van der Waals surface area contributed by atoms with Crippen LogP contribution in [0, 0.1) is 5.92 Å². The first-order valence-electron chi connectivity index (χ1n) is 10.4. The highest BCUT2D eigenvalue weighted by atomic mass is 16.1. The number of aromatic amines is 1. The van der Waals surface area contributed by atoms with Crippen molar-refractivity contribution in [2.24, 2.45) is 5.92 Å². The van der Waals surface area contributed by atoms with E-state index in [4.69, 9.17) is 0 Å². The van der Waals surface area contributed by atoms with E-state index in [0.717, 1.165) is 60.6 Å². The Hall–Kier alpha value is -3.32. The number of para-hydroxylation sites is 2. The minimum atomic E-state index is -0.0440. The summed E-state index contributed by atoms with van der Waals surface area (Å²) in [6.45, 7) is 3.49. The van der Waals surface area contributed by atoms with Gasteiger partial charge in [0.05, 0.1) is 23.3 Å². The van der Waals surface area contributed by atoms with Crippen LogP contribution in [0.15, 0.2) is 65.7 Å². The lowest BCUT2D eigenvalue weighted by molar-refractivity contribution is 0.161. The molecule has 4 aromatic rings. The van der Waals surface area contributed by atoms with E-state index in [-0.39, 0.29) is 5.56 Å². The quantitative estimate of drug-likeness (QED) is 0.557. The van der Waals surface area contributed by atoms with Crippen molar-refractivity contribution in [3.63, 3.8) is 0 Å². The topological polar surface area (TPSA) is 79.7 Å². The molecule has 0 radical (unpaired) electrons. The number of imidazole rings is 1. The highest BCUT2D eigenvalue weighted by Crippen LogP contribution is 2.21. The van der Waals surface area contributed by atoms with Gasteiger partial charge in [0.1, 0.15) is 5.82 Å². The molecule has 1 N–H and O–H groups in total. The smallest absolute Gasteiger partial charge is 0.266 e. The van der Waals surface area contributed by atoms with Gasteiger partial charge in [-0.15, -0.1) is 0 Å². The van der Waals surface area contributed by atoms with Crippen molar-refractivity contribution in [3.8, 4) is 11.3 Å². The van der Waals surface area contributed by atoms with Crippen molar-refractivity contribution < 1.29 is 0 Å². The van der Waals surface area contributed by atoms with E-state index in [1.807, 2.05) is 30.3 Å². The molecule has 5 rings (SSSR count). The Morgan fingerprint density at radius 1 is 1.00 bits per heavy atom. The fraction of sp³-hybridized carbons (Fsp3) is 0.304. The van der Waals surface area contributed by atoms with Gasteiger partial charge in [0, 0.05) is 30.6 Å². The molecule has 152 valence electrons. The standard InChI is InChI=1S/C23H24N6O/c30-23-6-5-19(18-7-11-24-12-8-18)27-29(23)15-17-9-13-28(14-10-17)16-22-25-20-3-1-2-4-21(20)26-22/h1-8,11-12,17H,9-10,13-16H2,(H,25,26). The highest BCUT2D eigenvalue weighted by molar-refractivity contribution is 5.74. The number of hydrogen-bond donors (Lipinski definition) is 1. The first-order valence-corrected chi connectivity index (χ1v) is 10.4. The van der Waals surface area contributed by atoms with Gasteiger partial charge in [-0.3, -0.25) is 14.7 Å². The van der Waals surface area contributed by atoms with Gasteiger partial charge >= 0.3 is 0 Å². The first-order chi connectivity index (χ1) is 14.7. The molecule has 3 aromatic heterocycles. The number of nitrogens with zero attached hydrogens (tertiary/aromatic N) is 5. The summed E-state index contributed by atoms with van der Waals surface area (Å²) in [5.41, 5.74) is 3.83. The first kappa shape index (κ1) is 18.7. The monoisotopic (exact) mass is 400 g/mol. The third kappa shape index (κ3) is 4.02. The average Bonchev–Trinajstić information content (AvgIpc) is 3.19. The third-order valence-electron chi connectivity index (χ3n) is 5.79. The van der Waals surface area contributed by atoms with Crippen LogP contribution in [0.4, 0.5) is 0 Å². The molecule has 4 heterocycles. The number of likely N-dealkylation sites (tertiary alicyclic amines) is 1. The number of piperidine rings is 1. The lowest BCUT2D eigenvalue weighted by atomic mass is 9.97. The Bertz CT molecular complexity index is 1160. The minimum absolute atomic E-state index is 0.0440. The molecule has 0 spiro atoms. The van der Waals surface area contributed by atoms with E-state index < -0.39 is 0 Å². The molecule has 1 saturated heterocycles. The average molecular weight is 400 g/mol. The molecule has 1 aliphatic heterocycles. The van der Waals surface area contributed by atoms with Gasteiger partial charge in [0.2, 0.25) is 0 Å². The van der Waals surface area contributed by atoms with E-state index in [0.29, 0.717) is 12.5 Å². The van der Waals surface area contributed by atoms with Gasteiger partial charge in [-0.1, -0.05) is 12.1 Å². The molecule has 1 aromatic carbocycles. The zero-order chi connectivity index (χ0) is 20.3. The molecule has 7 nitrogen and oxygen atoms in total. The van der Waals surface area contributed by atoms with Gasteiger partial charge in [0.25, 0.3) is 5.56 Å². The van der Waals surface area contributed by atoms with Gasteiger partial charge in [-0.05, 0) is 62.2 Å². The summed E-state index contributed by atoms with van der Waals surface area (Å²) in [6, 6.07) is 15.3. The molecule has 0 aliphatic carbocycles. The number of benzene rings is 1. The number of pyridine rings is 1. The zero-order valence-corrected chi connectivity index (χ0v) is 16.7. The van der Waals surface area contributed by atoms with E-state index >= 15 is 0 Å². The predicted octanol–water partition coefficient (Wildman–Crippen LogP) is 3.09. The number of H-pyrrole nitrogens is 1. The molecule has 1 fully saturated rings. The summed E-state index contributed by atoms with van der Waals surface area (Å²) in [5, 5.41) is 4.60. The second kappa shape index (κ2) is 8.20. The fourth-order valence-electron chi connectivity index (χ4n) is 4.12. The van der Waals surface area contributed by atoms with Gasteiger partial charge in [0.15, 0.2) is 0 Å². The fourth-order valence-corrected chi connectivity index (χ4v) is 4.12. The Labute approximate surface area is 174 Å². The van der Waals surface area contributed by atoms with E-state index in [1.165, 1.54) is 0 Å². The molecule has 30 heavy (non-hydrogen) atoms. The highest BCUT2D eigenvalue weighted by Gasteiger charge is 2.21. The summed E-state index contributed by atoms with van der Waals surface area (Å²) >= 11 is 0. The Morgan fingerprint density at radius 3 is 2.60 bits per heavy atom. The summed E-state index contributed by atoms with van der Waals surface area (Å²) < 4.78 is 1.62. The maximum absolute atomic E-state index is 12.3. The summed E-state index contributed by atoms with van der Waals surface area (Å²) in [4.78, 5) is 26.9. The Morgan fingerprint density at radius 2 is 1.80 bits per heavy atom. The molecular weight excluding hydrogens is 376 g/mol. The van der Waals surface area contributed by atoms with Gasteiger partial charge < -0.3 is 4.98 Å². The predicted molar refractivity (Wildman–Crippen MR) is 116 cm³/mol. The van der Waals surface area contributed by atoms with Crippen LogP contribution < -0.4 is 5.56 Å². The van der Waals surface area contributed by atoms with Crippen molar-refractivity contribution in [2.45, 2.75) is 25.9 Å². The van der Waals surface area contributed by atoms with E-state index in [1.54, 1.807) is 29.2 Å². The Kier molecular flexibility index (Phi) is 5.11. The summed E-state index contributed by atoms with van der Waals surface area (Å²) in [5.74, 6) is 1.47.